The number of imidazole rings is 1. The number of amides is 1. The zero-order valence-corrected chi connectivity index (χ0v) is 13.5. The molecule has 0 atom stereocenters. The first kappa shape index (κ1) is 15.4. The molecule has 1 saturated carbocycles. The number of thioether (sulfide) groups is 1. The van der Waals surface area contributed by atoms with Crippen LogP contribution in [0.1, 0.15) is 39.5 Å². The van der Waals surface area contributed by atoms with Crippen molar-refractivity contribution in [1.82, 2.24) is 14.5 Å². The highest BCUT2D eigenvalue weighted by molar-refractivity contribution is 7.99. The second-order valence-electron chi connectivity index (χ2n) is 5.70. The Bertz CT molecular complexity index is 438. The van der Waals surface area contributed by atoms with Crippen molar-refractivity contribution < 1.29 is 4.79 Å². The van der Waals surface area contributed by atoms with Crippen LogP contribution in [0.15, 0.2) is 17.6 Å². The largest absolute Gasteiger partial charge is 0.342 e. The maximum atomic E-state index is 12.3. The van der Waals surface area contributed by atoms with E-state index in [-0.39, 0.29) is 5.91 Å². The Kier molecular flexibility index (Phi) is 5.52. The van der Waals surface area contributed by atoms with Crippen LogP contribution in [0.2, 0.25) is 0 Å². The molecule has 0 bridgehead atoms. The molecule has 1 aliphatic carbocycles. The third-order valence-corrected chi connectivity index (χ3v) is 5.26. The van der Waals surface area contributed by atoms with Crippen molar-refractivity contribution >= 4 is 17.7 Å². The van der Waals surface area contributed by atoms with Crippen LogP contribution in [-0.4, -0.2) is 39.2 Å². The summed E-state index contributed by atoms with van der Waals surface area (Å²) in [6, 6.07) is 0.435. The number of hydrogen-bond acceptors (Lipinski definition) is 3. The van der Waals surface area contributed by atoms with Crippen LogP contribution in [0.25, 0.3) is 0 Å². The summed E-state index contributed by atoms with van der Waals surface area (Å²) in [5.74, 6) is 1.53. The third-order valence-electron chi connectivity index (χ3n) is 4.27. The minimum absolute atomic E-state index is 0.222. The molecular weight excluding hydrogens is 270 g/mol. The molecule has 5 heteroatoms. The maximum Gasteiger partial charge on any atom is 0.233 e. The van der Waals surface area contributed by atoms with E-state index in [1.807, 2.05) is 18.1 Å². The Morgan fingerprint density at radius 3 is 2.80 bits per heavy atom. The lowest BCUT2D eigenvalue weighted by molar-refractivity contribution is -0.129. The van der Waals surface area contributed by atoms with Crippen LogP contribution in [0.3, 0.4) is 0 Å². The first-order valence-corrected chi connectivity index (χ1v) is 8.50. The van der Waals surface area contributed by atoms with E-state index in [0.717, 1.165) is 30.5 Å². The standard InChI is InChI=1S/C15H25N3OS/c1-4-18-10-9-16-15(18)20-11-14(19)17(3)13-7-5-12(2)6-8-13/h9-10,12-13H,4-8,11H2,1-3H3. The minimum atomic E-state index is 0.222. The van der Waals surface area contributed by atoms with Gasteiger partial charge in [-0.3, -0.25) is 4.79 Å². The van der Waals surface area contributed by atoms with Gasteiger partial charge in [0, 0.05) is 32.0 Å². The van der Waals surface area contributed by atoms with Gasteiger partial charge in [-0.25, -0.2) is 4.98 Å². The highest BCUT2D eigenvalue weighted by Gasteiger charge is 2.24. The van der Waals surface area contributed by atoms with Gasteiger partial charge in [-0.1, -0.05) is 18.7 Å². The van der Waals surface area contributed by atoms with Crippen LogP contribution < -0.4 is 0 Å². The average Bonchev–Trinajstić information content (AvgIpc) is 2.92. The highest BCUT2D eigenvalue weighted by atomic mass is 32.2. The number of carbonyl (C=O) groups excluding carboxylic acids is 1. The molecule has 4 nitrogen and oxygen atoms in total. The number of aromatic nitrogens is 2. The molecule has 20 heavy (non-hydrogen) atoms. The molecular formula is C15H25N3OS. The van der Waals surface area contributed by atoms with Crippen molar-refractivity contribution in [1.29, 1.82) is 0 Å². The molecule has 0 aliphatic heterocycles. The van der Waals surface area contributed by atoms with Crippen molar-refractivity contribution in [3.63, 3.8) is 0 Å². The highest BCUT2D eigenvalue weighted by Crippen LogP contribution is 2.27. The molecule has 0 saturated heterocycles. The molecule has 0 N–H and O–H groups in total. The van der Waals surface area contributed by atoms with Gasteiger partial charge in [-0.15, -0.1) is 0 Å². The molecule has 1 aliphatic rings. The van der Waals surface area contributed by atoms with E-state index in [4.69, 9.17) is 0 Å². The predicted octanol–water partition coefficient (Wildman–Crippen LogP) is 3.03. The van der Waals surface area contributed by atoms with E-state index in [1.54, 1.807) is 6.20 Å². The van der Waals surface area contributed by atoms with Crippen molar-refractivity contribution in [2.45, 2.75) is 57.3 Å². The van der Waals surface area contributed by atoms with Gasteiger partial charge >= 0.3 is 0 Å². The lowest BCUT2D eigenvalue weighted by atomic mass is 9.87. The lowest BCUT2D eigenvalue weighted by Crippen LogP contribution is -2.40. The van der Waals surface area contributed by atoms with E-state index in [1.165, 1.54) is 24.6 Å². The van der Waals surface area contributed by atoms with E-state index < -0.39 is 0 Å². The molecule has 112 valence electrons. The first-order chi connectivity index (χ1) is 9.61. The lowest BCUT2D eigenvalue weighted by Gasteiger charge is -2.33. The Morgan fingerprint density at radius 2 is 2.15 bits per heavy atom. The van der Waals surface area contributed by atoms with Gasteiger partial charge in [0.05, 0.1) is 5.75 Å². The fourth-order valence-electron chi connectivity index (χ4n) is 2.74. The Labute approximate surface area is 125 Å². The summed E-state index contributed by atoms with van der Waals surface area (Å²) in [4.78, 5) is 18.5. The SMILES string of the molecule is CCn1ccnc1SCC(=O)N(C)C1CCC(C)CC1. The summed E-state index contributed by atoms with van der Waals surface area (Å²) >= 11 is 1.54. The number of rotatable bonds is 5. The molecule has 1 aromatic heterocycles. The molecule has 0 unspecified atom stereocenters. The maximum absolute atomic E-state index is 12.3. The van der Waals surface area contributed by atoms with E-state index >= 15 is 0 Å². The second-order valence-corrected chi connectivity index (χ2v) is 6.65. The molecule has 1 aromatic rings. The number of carbonyl (C=O) groups is 1. The van der Waals surface area contributed by atoms with E-state index in [0.29, 0.717) is 11.8 Å². The zero-order chi connectivity index (χ0) is 14.5. The quantitative estimate of drug-likeness (QED) is 0.784. The van der Waals surface area contributed by atoms with E-state index in [2.05, 4.69) is 23.4 Å². The van der Waals surface area contributed by atoms with Crippen molar-refractivity contribution in [3.8, 4) is 0 Å². The third kappa shape index (κ3) is 3.78. The molecule has 2 rings (SSSR count). The number of nitrogens with zero attached hydrogens (tertiary/aromatic N) is 3. The van der Waals surface area contributed by atoms with Crippen molar-refractivity contribution in [2.24, 2.45) is 5.92 Å². The summed E-state index contributed by atoms with van der Waals surface area (Å²) in [7, 11) is 1.95. The fraction of sp³-hybridized carbons (Fsp3) is 0.733. The summed E-state index contributed by atoms with van der Waals surface area (Å²) in [5, 5.41) is 0.937. The van der Waals surface area contributed by atoms with Crippen molar-refractivity contribution in [3.05, 3.63) is 12.4 Å². The van der Waals surface area contributed by atoms with Crippen LogP contribution in [0.4, 0.5) is 0 Å². The topological polar surface area (TPSA) is 38.1 Å². The Balaban J connectivity index is 1.82. The average molecular weight is 295 g/mol. The van der Waals surface area contributed by atoms with Gasteiger partial charge in [-0.2, -0.15) is 0 Å². The monoisotopic (exact) mass is 295 g/mol. The first-order valence-electron chi connectivity index (χ1n) is 7.51. The molecule has 0 radical (unpaired) electrons. The Hall–Kier alpha value is -0.970. The summed E-state index contributed by atoms with van der Waals surface area (Å²) in [6.45, 7) is 5.29. The number of hydrogen-bond donors (Lipinski definition) is 0. The van der Waals surface area contributed by atoms with Gasteiger partial charge < -0.3 is 9.47 Å². The van der Waals surface area contributed by atoms with Gasteiger partial charge in [0.1, 0.15) is 0 Å². The number of aryl methyl sites for hydroxylation is 1. The smallest absolute Gasteiger partial charge is 0.233 e. The summed E-state index contributed by atoms with van der Waals surface area (Å²) in [5.41, 5.74) is 0. The van der Waals surface area contributed by atoms with Gasteiger partial charge in [0.15, 0.2) is 5.16 Å². The molecule has 0 aromatic carbocycles. The Morgan fingerprint density at radius 1 is 1.45 bits per heavy atom. The zero-order valence-electron chi connectivity index (χ0n) is 12.7. The van der Waals surface area contributed by atoms with Crippen molar-refractivity contribution in [2.75, 3.05) is 12.8 Å². The van der Waals surface area contributed by atoms with Gasteiger partial charge in [-0.05, 0) is 38.5 Å². The van der Waals surface area contributed by atoms with E-state index in [9.17, 15) is 4.79 Å². The van der Waals surface area contributed by atoms with Crippen LogP contribution in [0, 0.1) is 5.92 Å². The summed E-state index contributed by atoms with van der Waals surface area (Å²) in [6.07, 6.45) is 8.54. The normalized spacial score (nSPS) is 22.8. The fourth-order valence-corrected chi connectivity index (χ4v) is 3.69. The van der Waals surface area contributed by atoms with Crippen LogP contribution in [0.5, 0.6) is 0 Å². The van der Waals surface area contributed by atoms with Gasteiger partial charge in [0.25, 0.3) is 0 Å². The van der Waals surface area contributed by atoms with Crippen LogP contribution in [-0.2, 0) is 11.3 Å². The summed E-state index contributed by atoms with van der Waals surface area (Å²) < 4.78 is 2.07. The molecule has 1 fully saturated rings. The molecule has 1 amide bonds. The predicted molar refractivity (Wildman–Crippen MR) is 82.8 cm³/mol. The molecule has 1 heterocycles. The minimum Gasteiger partial charge on any atom is -0.342 e. The van der Waals surface area contributed by atoms with Gasteiger partial charge in [0.2, 0.25) is 5.91 Å². The van der Waals surface area contributed by atoms with Crippen LogP contribution >= 0.6 is 11.8 Å². The molecule has 0 spiro atoms. The second kappa shape index (κ2) is 7.16.